The first-order valence-electron chi connectivity index (χ1n) is 3.21. The van der Waals surface area contributed by atoms with Gasteiger partial charge in [0.25, 0.3) is 0 Å². The fraction of sp³-hybridized carbons (Fsp3) is 0.571. The van der Waals surface area contributed by atoms with E-state index in [4.69, 9.17) is 10.2 Å². The normalized spacial score (nSPS) is 15.6. The third-order valence-corrected chi connectivity index (χ3v) is 1.20. The lowest BCUT2D eigenvalue weighted by atomic mass is 10.2. The number of carboxylic acids is 1. The van der Waals surface area contributed by atoms with Crippen molar-refractivity contribution in [3.8, 4) is 0 Å². The molecule has 0 saturated heterocycles. The zero-order valence-electron chi connectivity index (χ0n) is 6.47. The third-order valence-electron chi connectivity index (χ3n) is 1.20. The van der Waals surface area contributed by atoms with Gasteiger partial charge in [0.1, 0.15) is 5.83 Å². The van der Waals surface area contributed by atoms with E-state index in [-0.39, 0.29) is 12.0 Å². The molecule has 0 bridgehead atoms. The number of aliphatic carboxylic acids is 1. The standard InChI is InChI=1S/C7H11FO3/c1-4(9)3-6(8)5(2)7(10)11/h4,9H,3H2,1-2H3,(H,10,11). The van der Waals surface area contributed by atoms with E-state index in [9.17, 15) is 9.18 Å². The van der Waals surface area contributed by atoms with Gasteiger partial charge in [-0.2, -0.15) is 0 Å². The van der Waals surface area contributed by atoms with Gasteiger partial charge in [-0.15, -0.1) is 0 Å². The van der Waals surface area contributed by atoms with Crippen molar-refractivity contribution in [1.29, 1.82) is 0 Å². The zero-order valence-corrected chi connectivity index (χ0v) is 6.47. The van der Waals surface area contributed by atoms with Crippen LogP contribution in [0.5, 0.6) is 0 Å². The maximum Gasteiger partial charge on any atom is 0.333 e. The van der Waals surface area contributed by atoms with Crippen LogP contribution in [-0.2, 0) is 4.79 Å². The van der Waals surface area contributed by atoms with Crippen LogP contribution in [-0.4, -0.2) is 22.3 Å². The van der Waals surface area contributed by atoms with Crippen LogP contribution in [0.1, 0.15) is 20.3 Å². The number of carbonyl (C=O) groups is 1. The van der Waals surface area contributed by atoms with E-state index in [0.717, 1.165) is 0 Å². The van der Waals surface area contributed by atoms with E-state index in [0.29, 0.717) is 0 Å². The van der Waals surface area contributed by atoms with Crippen molar-refractivity contribution in [2.75, 3.05) is 0 Å². The molecule has 0 fully saturated rings. The molecular formula is C7H11FO3. The van der Waals surface area contributed by atoms with Crippen LogP contribution in [0.15, 0.2) is 11.4 Å². The number of rotatable bonds is 3. The summed E-state index contributed by atoms with van der Waals surface area (Å²) in [7, 11) is 0. The topological polar surface area (TPSA) is 57.5 Å². The summed E-state index contributed by atoms with van der Waals surface area (Å²) < 4.78 is 12.6. The van der Waals surface area contributed by atoms with Crippen molar-refractivity contribution in [2.45, 2.75) is 26.4 Å². The number of carboxylic acid groups (broad SMARTS) is 1. The summed E-state index contributed by atoms with van der Waals surface area (Å²) >= 11 is 0. The van der Waals surface area contributed by atoms with Crippen LogP contribution in [0, 0.1) is 0 Å². The van der Waals surface area contributed by atoms with E-state index >= 15 is 0 Å². The number of hydrogen-bond donors (Lipinski definition) is 2. The molecule has 4 heteroatoms. The van der Waals surface area contributed by atoms with Gasteiger partial charge in [-0.25, -0.2) is 9.18 Å². The van der Waals surface area contributed by atoms with Crippen LogP contribution in [0.4, 0.5) is 4.39 Å². The summed E-state index contributed by atoms with van der Waals surface area (Å²) in [6.45, 7) is 2.56. The SMILES string of the molecule is CC(C(=O)O)=C(F)CC(C)O. The highest BCUT2D eigenvalue weighted by molar-refractivity contribution is 5.86. The van der Waals surface area contributed by atoms with Crippen molar-refractivity contribution >= 4 is 5.97 Å². The Kier molecular flexibility index (Phi) is 3.74. The Labute approximate surface area is 64.2 Å². The molecule has 2 N–H and O–H groups in total. The number of aliphatic hydroxyl groups excluding tert-OH is 1. The first-order valence-corrected chi connectivity index (χ1v) is 3.21. The van der Waals surface area contributed by atoms with Crippen molar-refractivity contribution < 1.29 is 19.4 Å². The maximum absolute atomic E-state index is 12.6. The fourth-order valence-corrected chi connectivity index (χ4v) is 0.528. The number of halogens is 1. The minimum absolute atomic E-state index is 0.238. The van der Waals surface area contributed by atoms with Crippen LogP contribution in [0.3, 0.4) is 0 Å². The Balaban J connectivity index is 4.28. The monoisotopic (exact) mass is 162 g/mol. The Morgan fingerprint density at radius 1 is 1.64 bits per heavy atom. The fourth-order valence-electron chi connectivity index (χ4n) is 0.528. The van der Waals surface area contributed by atoms with Crippen molar-refractivity contribution in [3.63, 3.8) is 0 Å². The molecule has 0 amide bonds. The average Bonchev–Trinajstić information content (AvgIpc) is 1.84. The molecule has 0 aromatic carbocycles. The van der Waals surface area contributed by atoms with E-state index in [2.05, 4.69) is 0 Å². The molecule has 11 heavy (non-hydrogen) atoms. The Bertz CT molecular complexity index is 184. The number of hydrogen-bond acceptors (Lipinski definition) is 2. The summed E-state index contributed by atoms with van der Waals surface area (Å²) in [4.78, 5) is 10.1. The summed E-state index contributed by atoms with van der Waals surface area (Å²) in [6.07, 6.45) is -1.08. The molecular weight excluding hydrogens is 151 g/mol. The molecule has 0 aromatic rings. The average molecular weight is 162 g/mol. The molecule has 1 unspecified atom stereocenters. The van der Waals surface area contributed by atoms with E-state index in [1.165, 1.54) is 13.8 Å². The predicted octanol–water partition coefficient (Wildman–Crippen LogP) is 1.09. The molecule has 0 aromatic heterocycles. The molecule has 1 atom stereocenters. The van der Waals surface area contributed by atoms with Crippen molar-refractivity contribution in [3.05, 3.63) is 11.4 Å². The van der Waals surface area contributed by atoms with Gasteiger partial charge in [-0.1, -0.05) is 0 Å². The predicted molar refractivity (Wildman–Crippen MR) is 37.7 cm³/mol. The van der Waals surface area contributed by atoms with Crippen LogP contribution < -0.4 is 0 Å². The lowest BCUT2D eigenvalue weighted by molar-refractivity contribution is -0.132. The second-order valence-electron chi connectivity index (χ2n) is 2.39. The highest BCUT2D eigenvalue weighted by atomic mass is 19.1. The summed E-state index contributed by atoms with van der Waals surface area (Å²) in [5.74, 6) is -2.06. The molecule has 0 heterocycles. The van der Waals surface area contributed by atoms with Gasteiger partial charge in [0, 0.05) is 6.42 Å². The van der Waals surface area contributed by atoms with Gasteiger partial charge in [-0.05, 0) is 13.8 Å². The third kappa shape index (κ3) is 3.72. The van der Waals surface area contributed by atoms with Gasteiger partial charge in [0.15, 0.2) is 0 Å². The minimum atomic E-state index is -1.29. The molecule has 0 radical (unpaired) electrons. The van der Waals surface area contributed by atoms with Crippen LogP contribution >= 0.6 is 0 Å². The largest absolute Gasteiger partial charge is 0.478 e. The van der Waals surface area contributed by atoms with Gasteiger partial charge in [-0.3, -0.25) is 0 Å². The van der Waals surface area contributed by atoms with Gasteiger partial charge < -0.3 is 10.2 Å². The Hall–Kier alpha value is -0.900. The molecule has 0 aliphatic rings. The lowest BCUT2D eigenvalue weighted by Crippen LogP contribution is -2.04. The quantitative estimate of drug-likeness (QED) is 0.610. The van der Waals surface area contributed by atoms with Crippen molar-refractivity contribution in [2.24, 2.45) is 0 Å². The van der Waals surface area contributed by atoms with Gasteiger partial charge in [0.05, 0.1) is 11.7 Å². The molecule has 0 spiro atoms. The summed E-state index contributed by atoms with van der Waals surface area (Å²) in [6, 6.07) is 0. The van der Waals surface area contributed by atoms with Gasteiger partial charge in [0.2, 0.25) is 0 Å². The molecule has 0 saturated carbocycles. The first-order chi connectivity index (χ1) is 4.95. The van der Waals surface area contributed by atoms with E-state index in [1.807, 2.05) is 0 Å². The van der Waals surface area contributed by atoms with Crippen LogP contribution in [0.2, 0.25) is 0 Å². The van der Waals surface area contributed by atoms with E-state index < -0.39 is 17.9 Å². The summed E-state index contributed by atoms with van der Waals surface area (Å²) in [5, 5.41) is 17.0. The van der Waals surface area contributed by atoms with E-state index in [1.54, 1.807) is 0 Å². The van der Waals surface area contributed by atoms with Gasteiger partial charge >= 0.3 is 5.97 Å². The minimum Gasteiger partial charge on any atom is -0.478 e. The Morgan fingerprint density at radius 2 is 2.09 bits per heavy atom. The number of aliphatic hydroxyl groups is 1. The smallest absolute Gasteiger partial charge is 0.333 e. The maximum atomic E-state index is 12.6. The second kappa shape index (κ2) is 4.08. The first kappa shape index (κ1) is 10.1. The van der Waals surface area contributed by atoms with Crippen LogP contribution in [0.25, 0.3) is 0 Å². The highest BCUT2D eigenvalue weighted by Crippen LogP contribution is 2.12. The zero-order chi connectivity index (χ0) is 9.02. The molecule has 3 nitrogen and oxygen atoms in total. The lowest BCUT2D eigenvalue weighted by Gasteiger charge is -2.02. The summed E-state index contributed by atoms with van der Waals surface area (Å²) in [5.41, 5.74) is -0.342. The molecule has 0 rings (SSSR count). The molecule has 0 aliphatic carbocycles. The second-order valence-corrected chi connectivity index (χ2v) is 2.39. The Morgan fingerprint density at radius 3 is 2.36 bits per heavy atom. The highest BCUT2D eigenvalue weighted by Gasteiger charge is 2.10. The molecule has 64 valence electrons. The molecule has 0 aliphatic heterocycles. The van der Waals surface area contributed by atoms with Crippen molar-refractivity contribution in [1.82, 2.24) is 0 Å².